The van der Waals surface area contributed by atoms with E-state index in [0.717, 1.165) is 16.1 Å². The fourth-order valence-electron chi connectivity index (χ4n) is 2.97. The van der Waals surface area contributed by atoms with Gasteiger partial charge in [0.1, 0.15) is 0 Å². The van der Waals surface area contributed by atoms with Crippen molar-refractivity contribution in [2.75, 3.05) is 16.3 Å². The van der Waals surface area contributed by atoms with Crippen LogP contribution in [0.3, 0.4) is 0 Å². The highest BCUT2D eigenvalue weighted by Gasteiger charge is 2.15. The molecule has 0 fully saturated rings. The highest BCUT2D eigenvalue weighted by atomic mass is 32.2. The lowest BCUT2D eigenvalue weighted by atomic mass is 10.0. The van der Waals surface area contributed by atoms with Crippen molar-refractivity contribution in [3.05, 3.63) is 83.9 Å². The smallest absolute Gasteiger partial charge is 0.261 e. The first kappa shape index (κ1) is 21.9. The second kappa shape index (κ2) is 9.36. The molecule has 0 aliphatic rings. The molecule has 0 heterocycles. The Balaban J connectivity index is 1.72. The van der Waals surface area contributed by atoms with Gasteiger partial charge in [-0.2, -0.15) is 0 Å². The molecule has 0 radical (unpaired) electrons. The van der Waals surface area contributed by atoms with Gasteiger partial charge in [-0.25, -0.2) is 8.42 Å². The van der Waals surface area contributed by atoms with Crippen LogP contribution in [0.2, 0.25) is 0 Å². The number of benzene rings is 3. The van der Waals surface area contributed by atoms with Crippen LogP contribution in [0.1, 0.15) is 35.7 Å². The molecule has 156 valence electrons. The minimum atomic E-state index is -3.69. The highest BCUT2D eigenvalue weighted by Crippen LogP contribution is 2.25. The van der Waals surface area contributed by atoms with Crippen molar-refractivity contribution in [2.45, 2.75) is 29.6 Å². The predicted octanol–water partition coefficient (Wildman–Crippen LogP) is 5.59. The zero-order chi connectivity index (χ0) is 21.7. The Hall–Kier alpha value is -2.77. The summed E-state index contributed by atoms with van der Waals surface area (Å²) in [5, 5.41) is 2.93. The van der Waals surface area contributed by atoms with Crippen molar-refractivity contribution in [3.8, 4) is 0 Å². The fraction of sp³-hybridized carbons (Fsp3) is 0.174. The number of hydrogen-bond acceptors (Lipinski definition) is 4. The average molecular weight is 441 g/mol. The molecule has 0 aliphatic carbocycles. The van der Waals surface area contributed by atoms with Crippen LogP contribution in [0, 0.1) is 0 Å². The molecule has 0 unspecified atom stereocenters. The van der Waals surface area contributed by atoms with E-state index in [1.54, 1.807) is 60.3 Å². The van der Waals surface area contributed by atoms with E-state index in [4.69, 9.17) is 0 Å². The number of thioether (sulfide) groups is 1. The summed E-state index contributed by atoms with van der Waals surface area (Å²) in [6.45, 7) is 4.14. The van der Waals surface area contributed by atoms with Gasteiger partial charge in [0, 0.05) is 21.8 Å². The zero-order valence-electron chi connectivity index (χ0n) is 17.0. The SMILES string of the molecule is CSc1ccc(S(=O)(=O)Nc2ccc(C(=O)Nc3ccccc3C(C)C)cc2)cc1. The molecule has 7 heteroatoms. The summed E-state index contributed by atoms with van der Waals surface area (Å²) in [7, 11) is -3.69. The van der Waals surface area contributed by atoms with Crippen LogP contribution in [-0.4, -0.2) is 20.6 Å². The van der Waals surface area contributed by atoms with E-state index in [2.05, 4.69) is 23.9 Å². The standard InChI is InChI=1S/C23H24N2O3S2/c1-16(2)21-6-4-5-7-22(21)24-23(26)17-8-10-18(11-9-17)25-30(27,28)20-14-12-19(29-3)13-15-20/h4-16,25H,1-3H3,(H,24,26). The summed E-state index contributed by atoms with van der Waals surface area (Å²) in [5.74, 6) is 0.0356. The van der Waals surface area contributed by atoms with Gasteiger partial charge in [-0.05, 0) is 72.3 Å². The van der Waals surface area contributed by atoms with Gasteiger partial charge >= 0.3 is 0 Å². The number of carbonyl (C=O) groups is 1. The van der Waals surface area contributed by atoms with Crippen LogP contribution < -0.4 is 10.0 Å². The first-order valence-electron chi connectivity index (χ1n) is 9.47. The van der Waals surface area contributed by atoms with Crippen molar-refractivity contribution < 1.29 is 13.2 Å². The van der Waals surface area contributed by atoms with Gasteiger partial charge < -0.3 is 5.32 Å². The number of para-hydroxylation sites is 1. The third kappa shape index (κ3) is 5.23. The summed E-state index contributed by atoms with van der Waals surface area (Å²) in [6, 6.07) is 20.7. The lowest BCUT2D eigenvalue weighted by Crippen LogP contribution is -2.15. The summed E-state index contributed by atoms with van der Waals surface area (Å²) < 4.78 is 27.7. The number of rotatable bonds is 7. The lowest BCUT2D eigenvalue weighted by molar-refractivity contribution is 0.102. The number of carbonyl (C=O) groups excluding carboxylic acids is 1. The molecule has 0 aliphatic heterocycles. The Bertz CT molecular complexity index is 1120. The summed E-state index contributed by atoms with van der Waals surface area (Å²) in [5.41, 5.74) is 2.67. The lowest BCUT2D eigenvalue weighted by Gasteiger charge is -2.14. The third-order valence-corrected chi connectivity index (χ3v) is 6.74. The van der Waals surface area contributed by atoms with Crippen molar-refractivity contribution in [2.24, 2.45) is 0 Å². The Morgan fingerprint density at radius 2 is 1.53 bits per heavy atom. The van der Waals surface area contributed by atoms with E-state index in [1.165, 1.54) is 0 Å². The molecule has 2 N–H and O–H groups in total. The first-order valence-corrected chi connectivity index (χ1v) is 12.2. The second-order valence-electron chi connectivity index (χ2n) is 7.05. The maximum atomic E-state index is 12.6. The number of sulfonamides is 1. The zero-order valence-corrected chi connectivity index (χ0v) is 18.7. The monoisotopic (exact) mass is 440 g/mol. The summed E-state index contributed by atoms with van der Waals surface area (Å²) in [6.07, 6.45) is 1.93. The Kier molecular flexibility index (Phi) is 6.84. The van der Waals surface area contributed by atoms with E-state index in [1.807, 2.05) is 30.5 Å². The average Bonchev–Trinajstić information content (AvgIpc) is 2.74. The van der Waals surface area contributed by atoms with Gasteiger partial charge in [0.25, 0.3) is 15.9 Å². The van der Waals surface area contributed by atoms with Crippen molar-refractivity contribution >= 4 is 39.1 Å². The van der Waals surface area contributed by atoms with E-state index < -0.39 is 10.0 Å². The molecule has 30 heavy (non-hydrogen) atoms. The van der Waals surface area contributed by atoms with E-state index in [9.17, 15) is 13.2 Å². The van der Waals surface area contributed by atoms with Gasteiger partial charge in [0.2, 0.25) is 0 Å². The quantitative estimate of drug-likeness (QED) is 0.470. The number of nitrogens with one attached hydrogen (secondary N) is 2. The van der Waals surface area contributed by atoms with Crippen LogP contribution in [0.25, 0.3) is 0 Å². The number of amides is 1. The maximum absolute atomic E-state index is 12.6. The molecule has 0 atom stereocenters. The molecule has 3 aromatic carbocycles. The van der Waals surface area contributed by atoms with E-state index >= 15 is 0 Å². The molecule has 0 saturated heterocycles. The van der Waals surface area contributed by atoms with Gasteiger partial charge in [0.15, 0.2) is 0 Å². The largest absolute Gasteiger partial charge is 0.322 e. The topological polar surface area (TPSA) is 75.3 Å². The van der Waals surface area contributed by atoms with Crippen LogP contribution in [-0.2, 0) is 10.0 Å². The third-order valence-electron chi connectivity index (χ3n) is 4.60. The molecule has 1 amide bonds. The van der Waals surface area contributed by atoms with Crippen LogP contribution in [0.4, 0.5) is 11.4 Å². The molecule has 0 saturated carbocycles. The summed E-state index contributed by atoms with van der Waals surface area (Å²) >= 11 is 1.55. The molecule has 5 nitrogen and oxygen atoms in total. The molecule has 3 aromatic rings. The van der Waals surface area contributed by atoms with Gasteiger partial charge in [-0.1, -0.05) is 32.0 Å². The van der Waals surface area contributed by atoms with Crippen molar-refractivity contribution in [3.63, 3.8) is 0 Å². The van der Waals surface area contributed by atoms with Gasteiger partial charge in [-0.15, -0.1) is 11.8 Å². The maximum Gasteiger partial charge on any atom is 0.261 e. The van der Waals surface area contributed by atoms with Crippen LogP contribution in [0.5, 0.6) is 0 Å². The Morgan fingerprint density at radius 3 is 2.13 bits per heavy atom. The number of hydrogen-bond donors (Lipinski definition) is 2. The molecule has 3 rings (SSSR count). The Labute approximate surface area is 182 Å². The molecule has 0 spiro atoms. The molecule has 0 aromatic heterocycles. The summed E-state index contributed by atoms with van der Waals surface area (Å²) in [4.78, 5) is 13.8. The van der Waals surface area contributed by atoms with Gasteiger partial charge in [-0.3, -0.25) is 9.52 Å². The van der Waals surface area contributed by atoms with Crippen LogP contribution in [0.15, 0.2) is 82.6 Å². The molecular weight excluding hydrogens is 416 g/mol. The molecular formula is C23H24N2O3S2. The molecule has 0 bridgehead atoms. The second-order valence-corrected chi connectivity index (χ2v) is 9.62. The van der Waals surface area contributed by atoms with Crippen molar-refractivity contribution in [1.82, 2.24) is 0 Å². The fourth-order valence-corrected chi connectivity index (χ4v) is 4.43. The van der Waals surface area contributed by atoms with Crippen molar-refractivity contribution in [1.29, 1.82) is 0 Å². The van der Waals surface area contributed by atoms with E-state index in [-0.39, 0.29) is 16.7 Å². The minimum absolute atomic E-state index is 0.187. The first-order chi connectivity index (χ1) is 14.3. The normalized spacial score (nSPS) is 11.3. The Morgan fingerprint density at radius 1 is 0.900 bits per heavy atom. The number of anilines is 2. The minimum Gasteiger partial charge on any atom is -0.322 e. The van der Waals surface area contributed by atoms with E-state index in [0.29, 0.717) is 11.3 Å². The van der Waals surface area contributed by atoms with Gasteiger partial charge in [0.05, 0.1) is 4.90 Å². The highest BCUT2D eigenvalue weighted by molar-refractivity contribution is 7.98. The van der Waals surface area contributed by atoms with Crippen LogP contribution >= 0.6 is 11.8 Å². The predicted molar refractivity (Wildman–Crippen MR) is 124 cm³/mol.